The van der Waals surface area contributed by atoms with Crippen molar-refractivity contribution >= 4 is 32.8 Å². The maximum absolute atomic E-state index is 13.5. The van der Waals surface area contributed by atoms with Gasteiger partial charge in [0.2, 0.25) is 22.1 Å². The van der Waals surface area contributed by atoms with E-state index in [0.717, 1.165) is 22.3 Å². The van der Waals surface area contributed by atoms with Gasteiger partial charge < -0.3 is 10.2 Å². The monoisotopic (exact) mass is 584 g/mol. The summed E-state index contributed by atoms with van der Waals surface area (Å²) < 4.78 is 22.1. The predicted octanol–water partition coefficient (Wildman–Crippen LogP) is 4.53. The minimum Gasteiger partial charge on any atom is -0.334 e. The van der Waals surface area contributed by atoms with E-state index in [4.69, 9.17) is 0 Å². The number of carbonyl (C=O) groups excluding carboxylic acids is 3. The SMILES string of the molecule is Cc1ccccc1C/C=C1\CN(C(=O)CCCC(=O)NC2=CCC(=S(=O)=O)C=C2)C/C(=C\Cc2ccccc2C)C1=O. The van der Waals surface area contributed by atoms with Gasteiger partial charge in [-0.2, -0.15) is 8.42 Å². The number of Topliss-reactive ketones (excluding diaryl/α,β-unsaturated/α-hetero) is 1. The van der Waals surface area contributed by atoms with Crippen molar-refractivity contribution in [2.45, 2.75) is 52.4 Å². The molecule has 1 aliphatic carbocycles. The Balaban J connectivity index is 1.41. The fraction of sp³-hybridized carbons (Fsp3) is 0.294. The molecule has 7 nitrogen and oxygen atoms in total. The van der Waals surface area contributed by atoms with E-state index in [9.17, 15) is 22.8 Å². The highest BCUT2D eigenvalue weighted by atomic mass is 32.2. The molecule has 0 spiro atoms. The van der Waals surface area contributed by atoms with E-state index in [-0.39, 0.29) is 54.8 Å². The first-order valence-electron chi connectivity index (χ1n) is 14.1. The molecule has 1 fully saturated rings. The van der Waals surface area contributed by atoms with Crippen LogP contribution in [0.5, 0.6) is 0 Å². The number of nitrogens with zero attached hydrogens (tertiary/aromatic N) is 1. The molecule has 0 saturated carbocycles. The topological polar surface area (TPSA) is 101 Å². The van der Waals surface area contributed by atoms with Gasteiger partial charge in [-0.1, -0.05) is 66.8 Å². The van der Waals surface area contributed by atoms with Gasteiger partial charge in [-0.05, 0) is 67.5 Å². The number of hydrogen-bond acceptors (Lipinski definition) is 5. The van der Waals surface area contributed by atoms with E-state index in [0.29, 0.717) is 36.1 Å². The highest BCUT2D eigenvalue weighted by Gasteiger charge is 2.28. The normalized spacial score (nSPS) is 17.0. The van der Waals surface area contributed by atoms with Gasteiger partial charge >= 0.3 is 0 Å². The van der Waals surface area contributed by atoms with Gasteiger partial charge in [-0.3, -0.25) is 14.4 Å². The lowest BCUT2D eigenvalue weighted by Gasteiger charge is -2.30. The van der Waals surface area contributed by atoms with Crippen molar-refractivity contribution in [2.75, 3.05) is 13.1 Å². The third-order valence-corrected chi connectivity index (χ3v) is 8.31. The molecule has 0 aromatic heterocycles. The molecule has 1 saturated heterocycles. The Hall–Kier alpha value is -4.30. The number of amides is 2. The second-order valence-electron chi connectivity index (χ2n) is 10.6. The van der Waals surface area contributed by atoms with E-state index in [2.05, 4.69) is 5.32 Å². The summed E-state index contributed by atoms with van der Waals surface area (Å²) in [4.78, 5) is 41.1. The third kappa shape index (κ3) is 8.36. The third-order valence-electron chi connectivity index (χ3n) is 7.58. The molecule has 0 atom stereocenters. The first-order valence-corrected chi connectivity index (χ1v) is 15.2. The van der Waals surface area contributed by atoms with Gasteiger partial charge in [-0.15, -0.1) is 0 Å². The maximum atomic E-state index is 13.5. The molecule has 2 aliphatic rings. The second kappa shape index (κ2) is 14.5. The van der Waals surface area contributed by atoms with E-state index in [1.165, 1.54) is 6.08 Å². The average molecular weight is 585 g/mol. The number of allylic oxidation sites excluding steroid dienone is 5. The summed E-state index contributed by atoms with van der Waals surface area (Å²) in [5.41, 5.74) is 6.33. The van der Waals surface area contributed by atoms with Crippen LogP contribution >= 0.6 is 0 Å². The molecular formula is C34H36N2O5S. The Morgan fingerprint density at radius 3 is 1.93 bits per heavy atom. The fourth-order valence-corrected chi connectivity index (χ4v) is 5.38. The number of carbonyl (C=O) groups is 3. The fourth-order valence-electron chi connectivity index (χ4n) is 4.98. The standard InChI is InChI=1S/C34H36N2O5S/c1-24-8-3-5-10-26(24)14-16-28-22-36(23-29(34(28)39)17-15-27-11-6-4-9-25(27)2)33(38)13-7-12-32(37)35-30-18-20-31(21-19-30)42(40)41/h3-6,8-11,16-20H,7,12-15,21-23H2,1-2H3,(H,35,37)/b28-16+,29-17+. The Morgan fingerprint density at radius 1 is 0.857 bits per heavy atom. The number of nitrogens with one attached hydrogen (secondary N) is 1. The molecule has 2 aromatic carbocycles. The Kier molecular flexibility index (Phi) is 10.6. The van der Waals surface area contributed by atoms with Gasteiger partial charge in [-0.25, -0.2) is 0 Å². The van der Waals surface area contributed by atoms with Crippen LogP contribution in [-0.4, -0.2) is 48.9 Å². The number of aryl methyl sites for hydroxylation is 2. The molecule has 1 aliphatic heterocycles. The molecule has 1 heterocycles. The van der Waals surface area contributed by atoms with Crippen LogP contribution in [0.4, 0.5) is 0 Å². The van der Waals surface area contributed by atoms with Crippen molar-refractivity contribution in [3.8, 4) is 0 Å². The highest BCUT2D eigenvalue weighted by molar-refractivity contribution is 7.73. The number of likely N-dealkylation sites (tertiary alicyclic amines) is 1. The van der Waals surface area contributed by atoms with Gasteiger partial charge in [0.25, 0.3) is 0 Å². The van der Waals surface area contributed by atoms with Crippen molar-refractivity contribution in [1.82, 2.24) is 10.2 Å². The zero-order valence-corrected chi connectivity index (χ0v) is 24.9. The van der Waals surface area contributed by atoms with Crippen LogP contribution in [-0.2, 0) is 37.5 Å². The number of ketones is 1. The molecule has 1 N–H and O–H groups in total. The molecule has 4 rings (SSSR count). The van der Waals surface area contributed by atoms with Crippen molar-refractivity contribution in [3.63, 3.8) is 0 Å². The molecule has 0 unspecified atom stereocenters. The predicted molar refractivity (Wildman–Crippen MR) is 165 cm³/mol. The first-order chi connectivity index (χ1) is 20.2. The molecule has 0 bridgehead atoms. The summed E-state index contributed by atoms with van der Waals surface area (Å²) >= 11 is 0. The van der Waals surface area contributed by atoms with E-state index in [1.54, 1.807) is 17.1 Å². The number of rotatable bonds is 9. The summed E-state index contributed by atoms with van der Waals surface area (Å²) in [5, 5.41) is 2.76. The molecule has 0 radical (unpaired) electrons. The number of benzene rings is 2. The van der Waals surface area contributed by atoms with Crippen LogP contribution < -0.4 is 5.32 Å². The summed E-state index contributed by atoms with van der Waals surface area (Å²) in [7, 11) is -2.27. The number of hydrogen-bond donors (Lipinski definition) is 1. The minimum absolute atomic E-state index is 0.0179. The van der Waals surface area contributed by atoms with Gasteiger partial charge in [0.15, 0.2) is 5.78 Å². The minimum atomic E-state index is -2.27. The first kappa shape index (κ1) is 30.7. The van der Waals surface area contributed by atoms with Crippen molar-refractivity contribution in [2.24, 2.45) is 0 Å². The largest absolute Gasteiger partial charge is 0.334 e. The summed E-state index contributed by atoms with van der Waals surface area (Å²) in [6.45, 7) is 4.58. The van der Waals surface area contributed by atoms with Crippen molar-refractivity contribution < 1.29 is 22.8 Å². The average Bonchev–Trinajstić information content (AvgIpc) is 2.97. The molecule has 2 amide bonds. The molecule has 218 valence electrons. The molecular weight excluding hydrogens is 548 g/mol. The lowest BCUT2D eigenvalue weighted by Crippen LogP contribution is -2.41. The van der Waals surface area contributed by atoms with Gasteiger partial charge in [0, 0.05) is 49.2 Å². The van der Waals surface area contributed by atoms with E-state index < -0.39 is 10.3 Å². The van der Waals surface area contributed by atoms with Crippen LogP contribution in [0.3, 0.4) is 0 Å². The Labute approximate surface area is 248 Å². The van der Waals surface area contributed by atoms with Gasteiger partial charge in [0.05, 0.1) is 4.86 Å². The number of piperidine rings is 1. The summed E-state index contributed by atoms with van der Waals surface area (Å²) in [5.74, 6) is -0.361. The molecule has 2 aromatic rings. The molecule has 8 heteroatoms. The summed E-state index contributed by atoms with van der Waals surface area (Å²) in [6.07, 6.45) is 10.7. The van der Waals surface area contributed by atoms with Crippen LogP contribution in [0, 0.1) is 13.8 Å². The van der Waals surface area contributed by atoms with Crippen molar-refractivity contribution in [3.05, 3.63) is 118 Å². The quantitative estimate of drug-likeness (QED) is 0.345. The second-order valence-corrected chi connectivity index (χ2v) is 11.6. The van der Waals surface area contributed by atoms with E-state index in [1.807, 2.05) is 74.5 Å². The smallest absolute Gasteiger partial charge is 0.224 e. The van der Waals surface area contributed by atoms with Crippen LogP contribution in [0.25, 0.3) is 0 Å². The van der Waals surface area contributed by atoms with Gasteiger partial charge in [0.1, 0.15) is 0 Å². The zero-order valence-electron chi connectivity index (χ0n) is 24.1. The molecule has 42 heavy (non-hydrogen) atoms. The summed E-state index contributed by atoms with van der Waals surface area (Å²) in [6, 6.07) is 16.1. The lowest BCUT2D eigenvalue weighted by atomic mass is 9.93. The van der Waals surface area contributed by atoms with Crippen molar-refractivity contribution in [1.29, 1.82) is 0 Å². The Morgan fingerprint density at radius 2 is 1.43 bits per heavy atom. The Bertz CT molecular complexity index is 1570. The van der Waals surface area contributed by atoms with Crippen LogP contribution in [0.15, 0.2) is 95.8 Å². The maximum Gasteiger partial charge on any atom is 0.224 e. The zero-order chi connectivity index (χ0) is 30.1. The highest BCUT2D eigenvalue weighted by Crippen LogP contribution is 2.22. The lowest BCUT2D eigenvalue weighted by molar-refractivity contribution is -0.131. The van der Waals surface area contributed by atoms with Crippen LogP contribution in [0.2, 0.25) is 0 Å². The van der Waals surface area contributed by atoms with E-state index >= 15 is 0 Å². The van der Waals surface area contributed by atoms with Crippen LogP contribution in [0.1, 0.15) is 47.9 Å².